The molecule has 4 unspecified atom stereocenters. The Labute approximate surface area is 204 Å². The molecule has 4 aliphatic rings. The number of nitrogens with one attached hydrogen (secondary N) is 1. The minimum absolute atomic E-state index is 0.0558. The fraction of sp³-hybridized carbons (Fsp3) is 0.600. The number of imide groups is 1. The predicted molar refractivity (Wildman–Crippen MR) is 125 cm³/mol. The van der Waals surface area contributed by atoms with Crippen LogP contribution in [0.15, 0.2) is 18.2 Å². The first-order valence-electron chi connectivity index (χ1n) is 12.3. The molecule has 10 nitrogen and oxygen atoms in total. The maximum Gasteiger partial charge on any atom is 0.325 e. The van der Waals surface area contributed by atoms with Crippen molar-refractivity contribution < 1.29 is 28.7 Å². The zero-order chi connectivity index (χ0) is 24.7. The van der Waals surface area contributed by atoms with Gasteiger partial charge in [-0.15, -0.1) is 0 Å². The van der Waals surface area contributed by atoms with Gasteiger partial charge in [-0.3, -0.25) is 19.3 Å². The highest BCUT2D eigenvalue weighted by atomic mass is 16.5. The van der Waals surface area contributed by atoms with Crippen LogP contribution in [0.3, 0.4) is 0 Å². The number of methoxy groups -OCH3 is 2. The molecule has 35 heavy (non-hydrogen) atoms. The van der Waals surface area contributed by atoms with E-state index in [4.69, 9.17) is 9.47 Å². The van der Waals surface area contributed by atoms with Gasteiger partial charge < -0.3 is 24.6 Å². The second kappa shape index (κ2) is 9.39. The molecular formula is C25H32N4O6. The van der Waals surface area contributed by atoms with Gasteiger partial charge in [0.05, 0.1) is 27.2 Å². The Hall–Kier alpha value is -3.30. The molecule has 1 aromatic carbocycles. The summed E-state index contributed by atoms with van der Waals surface area (Å²) in [4.78, 5) is 56.1. The molecule has 0 aliphatic carbocycles. The average Bonchev–Trinajstić information content (AvgIpc) is 3.11. The summed E-state index contributed by atoms with van der Waals surface area (Å²) < 4.78 is 10.5. The van der Waals surface area contributed by atoms with Gasteiger partial charge in [0.25, 0.3) is 5.91 Å². The summed E-state index contributed by atoms with van der Waals surface area (Å²) in [6.07, 6.45) is 3.51. The first-order chi connectivity index (χ1) is 16.9. The molecule has 0 radical (unpaired) electrons. The van der Waals surface area contributed by atoms with Crippen molar-refractivity contribution >= 4 is 23.8 Å². The summed E-state index contributed by atoms with van der Waals surface area (Å²) in [6.45, 7) is 1.99. The number of likely N-dealkylation sites (tertiary alicyclic amines) is 1. The Balaban J connectivity index is 1.21. The van der Waals surface area contributed by atoms with Crippen molar-refractivity contribution in [3.63, 3.8) is 0 Å². The fourth-order valence-corrected chi connectivity index (χ4v) is 6.14. The number of carbonyl (C=O) groups excluding carboxylic acids is 4. The molecule has 5 rings (SSSR count). The summed E-state index contributed by atoms with van der Waals surface area (Å²) in [5.41, 5.74) is 0.716. The second-order valence-electron chi connectivity index (χ2n) is 9.99. The van der Waals surface area contributed by atoms with Crippen molar-refractivity contribution in [1.29, 1.82) is 0 Å². The molecule has 4 saturated heterocycles. The number of carbonyl (C=O) groups is 4. The van der Waals surface area contributed by atoms with Gasteiger partial charge >= 0.3 is 6.03 Å². The lowest BCUT2D eigenvalue weighted by Crippen LogP contribution is -2.61. The quantitative estimate of drug-likeness (QED) is 0.611. The Morgan fingerprint density at radius 1 is 1.09 bits per heavy atom. The van der Waals surface area contributed by atoms with Crippen LogP contribution in [0.1, 0.15) is 37.7 Å². The van der Waals surface area contributed by atoms with E-state index in [-0.39, 0.29) is 42.7 Å². The summed E-state index contributed by atoms with van der Waals surface area (Å²) in [7, 11) is 3.06. The van der Waals surface area contributed by atoms with Crippen molar-refractivity contribution in [3.05, 3.63) is 23.8 Å². The van der Waals surface area contributed by atoms with Crippen LogP contribution in [0.25, 0.3) is 0 Å². The van der Waals surface area contributed by atoms with E-state index in [2.05, 4.69) is 5.32 Å². The monoisotopic (exact) mass is 484 g/mol. The van der Waals surface area contributed by atoms with Gasteiger partial charge in [0, 0.05) is 32.1 Å². The van der Waals surface area contributed by atoms with Gasteiger partial charge in [0.2, 0.25) is 11.8 Å². The normalized spacial score (nSPS) is 28.1. The molecule has 188 valence electrons. The third-order valence-electron chi connectivity index (χ3n) is 7.81. The summed E-state index contributed by atoms with van der Waals surface area (Å²) >= 11 is 0. The van der Waals surface area contributed by atoms with Gasteiger partial charge in [-0.2, -0.15) is 0 Å². The number of ether oxygens (including phenoxy) is 2. The van der Waals surface area contributed by atoms with Crippen LogP contribution in [0.5, 0.6) is 11.5 Å². The lowest BCUT2D eigenvalue weighted by molar-refractivity contribution is -0.149. The topological polar surface area (TPSA) is 108 Å². The molecule has 1 N–H and O–H groups in total. The molecule has 4 fully saturated rings. The van der Waals surface area contributed by atoms with Crippen LogP contribution < -0.4 is 14.8 Å². The lowest BCUT2D eigenvalue weighted by atomic mass is 9.76. The zero-order valence-corrected chi connectivity index (χ0v) is 20.2. The number of hydrogen-bond acceptors (Lipinski definition) is 6. The molecule has 0 saturated carbocycles. The molecule has 4 heterocycles. The molecule has 4 atom stereocenters. The smallest absolute Gasteiger partial charge is 0.325 e. The molecule has 2 bridgehead atoms. The van der Waals surface area contributed by atoms with E-state index in [0.717, 1.165) is 24.2 Å². The number of rotatable bonds is 6. The van der Waals surface area contributed by atoms with Gasteiger partial charge in [0.15, 0.2) is 11.5 Å². The molecule has 0 spiro atoms. The van der Waals surface area contributed by atoms with Crippen LogP contribution in [-0.2, 0) is 20.9 Å². The van der Waals surface area contributed by atoms with Gasteiger partial charge in [-0.05, 0) is 48.8 Å². The van der Waals surface area contributed by atoms with Gasteiger partial charge in [-0.1, -0.05) is 6.07 Å². The minimum Gasteiger partial charge on any atom is -0.493 e. The highest BCUT2D eigenvalue weighted by Gasteiger charge is 2.46. The van der Waals surface area contributed by atoms with Gasteiger partial charge in [0.1, 0.15) is 6.04 Å². The first kappa shape index (κ1) is 23.4. The first-order valence-corrected chi connectivity index (χ1v) is 12.3. The minimum atomic E-state index is -0.871. The fourth-order valence-electron chi connectivity index (χ4n) is 6.14. The van der Waals surface area contributed by atoms with E-state index >= 15 is 0 Å². The van der Waals surface area contributed by atoms with Crippen LogP contribution in [0.4, 0.5) is 4.79 Å². The van der Waals surface area contributed by atoms with Crippen molar-refractivity contribution in [2.75, 3.05) is 33.9 Å². The van der Waals surface area contributed by atoms with Crippen LogP contribution in [-0.4, -0.2) is 84.4 Å². The number of piperidine rings is 3. The second-order valence-corrected chi connectivity index (χ2v) is 9.99. The molecule has 0 aromatic heterocycles. The van der Waals surface area contributed by atoms with Crippen molar-refractivity contribution in [1.82, 2.24) is 20.0 Å². The molecule has 5 amide bonds. The Kier molecular flexibility index (Phi) is 6.29. The van der Waals surface area contributed by atoms with E-state index in [9.17, 15) is 19.2 Å². The standard InChI is InChI=1S/C25H32N4O6/c1-34-20-7-6-15(9-21(20)35-2)12-29-24(32)18(26-25(29)33)10-23(31)27-11-16-8-17(14-27)19-4-3-5-22(30)28(19)13-16/h6-7,9,16-19H,3-5,8,10-14H2,1-2H3,(H,26,33). The van der Waals surface area contributed by atoms with Crippen molar-refractivity contribution in [2.24, 2.45) is 11.8 Å². The molecule has 1 aromatic rings. The van der Waals surface area contributed by atoms with Crippen molar-refractivity contribution in [3.8, 4) is 11.5 Å². The number of benzene rings is 1. The predicted octanol–water partition coefficient (Wildman–Crippen LogP) is 1.37. The Morgan fingerprint density at radius 2 is 1.89 bits per heavy atom. The highest BCUT2D eigenvalue weighted by Crippen LogP contribution is 2.38. The van der Waals surface area contributed by atoms with Crippen LogP contribution in [0, 0.1) is 11.8 Å². The lowest BCUT2D eigenvalue weighted by Gasteiger charge is -2.52. The van der Waals surface area contributed by atoms with Crippen LogP contribution in [0.2, 0.25) is 0 Å². The largest absolute Gasteiger partial charge is 0.493 e. The van der Waals surface area contributed by atoms with E-state index in [1.54, 1.807) is 18.2 Å². The maximum atomic E-state index is 13.2. The van der Waals surface area contributed by atoms with E-state index < -0.39 is 18.0 Å². The number of nitrogens with zero attached hydrogens (tertiary/aromatic N) is 3. The SMILES string of the molecule is COc1ccc(CN2C(=O)NC(CC(=O)N3CC4CC(C3)C3CCCC(=O)N3C4)C2=O)cc1OC. The van der Waals surface area contributed by atoms with E-state index in [1.807, 2.05) is 9.80 Å². The molecule has 4 aliphatic heterocycles. The Bertz CT molecular complexity index is 1040. The number of amides is 5. The van der Waals surface area contributed by atoms with E-state index in [1.165, 1.54) is 14.2 Å². The molecular weight excluding hydrogens is 452 g/mol. The Morgan fingerprint density at radius 3 is 2.66 bits per heavy atom. The summed E-state index contributed by atoms with van der Waals surface area (Å²) in [5.74, 6) is 1.34. The van der Waals surface area contributed by atoms with E-state index in [0.29, 0.717) is 43.1 Å². The van der Waals surface area contributed by atoms with Gasteiger partial charge in [-0.25, -0.2) is 4.79 Å². The number of fused-ring (bicyclic) bond motifs is 4. The average molecular weight is 485 g/mol. The summed E-state index contributed by atoms with van der Waals surface area (Å²) in [5, 5.41) is 2.68. The highest BCUT2D eigenvalue weighted by molar-refractivity contribution is 6.05. The zero-order valence-electron chi connectivity index (χ0n) is 20.2. The third-order valence-corrected chi connectivity index (χ3v) is 7.81. The number of urea groups is 1. The van der Waals surface area contributed by atoms with Crippen LogP contribution >= 0.6 is 0 Å². The van der Waals surface area contributed by atoms with Crippen molar-refractivity contribution in [2.45, 2.75) is 50.7 Å². The number of hydrogen-bond donors (Lipinski definition) is 1. The summed E-state index contributed by atoms with van der Waals surface area (Å²) in [6, 6.07) is 4.06. The maximum absolute atomic E-state index is 13.2. The molecule has 10 heteroatoms. The third kappa shape index (κ3) is 4.41.